The Morgan fingerprint density at radius 1 is 0.862 bits per heavy atom. The molecule has 2 rings (SSSR count). The predicted octanol–water partition coefficient (Wildman–Crippen LogP) is 4.21. The number of ether oxygens (including phenoxy) is 3. The average molecular weight is 469 g/mol. The van der Waals surface area contributed by atoms with Crippen LogP contribution in [0.2, 0.25) is 0 Å². The maximum absolute atomic E-state index is 9.19. The van der Waals surface area contributed by atoms with E-state index in [9.17, 15) is 5.11 Å². The van der Waals surface area contributed by atoms with E-state index in [-0.39, 0.29) is 19.0 Å². The zero-order chi connectivity index (χ0) is 22.1. The van der Waals surface area contributed by atoms with E-state index < -0.39 is 0 Å². The van der Waals surface area contributed by atoms with Crippen LogP contribution in [0.25, 0.3) is 0 Å². The van der Waals surface area contributed by atoms with Crippen LogP contribution in [0, 0.1) is 0 Å². The lowest BCUT2D eigenvalue weighted by Gasteiger charge is -2.10. The molecule has 0 amide bonds. The summed E-state index contributed by atoms with van der Waals surface area (Å²) in [7, 11) is 3.06. The Labute approximate surface area is 180 Å². The van der Waals surface area contributed by atoms with Gasteiger partial charge in [-0.3, -0.25) is 0 Å². The minimum Gasteiger partial charge on any atom is -0.504 e. The van der Waals surface area contributed by atoms with Crippen molar-refractivity contribution < 1.29 is 29.5 Å². The van der Waals surface area contributed by atoms with Crippen LogP contribution in [0.5, 0.6) is 23.0 Å². The molecule has 2 aromatic carbocycles. The molecule has 3 N–H and O–H groups in total. The highest BCUT2D eigenvalue weighted by Crippen LogP contribution is 2.28. The molecule has 0 atom stereocenters. The number of alkyl halides is 1. The number of allylic oxidation sites excluding steroid dienone is 1. The van der Waals surface area contributed by atoms with E-state index in [2.05, 4.69) is 29.1 Å². The zero-order valence-electron chi connectivity index (χ0n) is 16.8. The smallest absolute Gasteiger partial charge is 0.161 e. The number of benzene rings is 2. The monoisotopic (exact) mass is 468 g/mol. The second-order valence-electron chi connectivity index (χ2n) is 5.35. The molecule has 0 spiro atoms. The second kappa shape index (κ2) is 16.5. The molecule has 0 aliphatic rings. The van der Waals surface area contributed by atoms with Crippen molar-refractivity contribution in [3.8, 4) is 23.0 Å². The highest BCUT2D eigenvalue weighted by Gasteiger charge is 2.04. The van der Waals surface area contributed by atoms with E-state index in [1.54, 1.807) is 49.6 Å². The van der Waals surface area contributed by atoms with Crippen LogP contribution in [0.4, 0.5) is 0 Å². The number of aliphatic hydroxyl groups excluding tert-OH is 2. The van der Waals surface area contributed by atoms with Gasteiger partial charge < -0.3 is 29.5 Å². The summed E-state index contributed by atoms with van der Waals surface area (Å²) in [6, 6.07) is 10.1. The summed E-state index contributed by atoms with van der Waals surface area (Å²) in [4.78, 5) is 0. The van der Waals surface area contributed by atoms with Gasteiger partial charge in [0.1, 0.15) is 6.61 Å². The lowest BCUT2D eigenvalue weighted by molar-refractivity contribution is 0.279. The molecular formula is C22H29BrO6. The molecule has 2 aromatic rings. The molecule has 160 valence electrons. The Bertz CT molecular complexity index is 733. The second-order valence-corrected chi connectivity index (χ2v) is 6.00. The quantitative estimate of drug-likeness (QED) is 0.397. The van der Waals surface area contributed by atoms with Gasteiger partial charge in [-0.2, -0.15) is 0 Å². The summed E-state index contributed by atoms with van der Waals surface area (Å²) >= 11 is 3.13. The number of halogens is 1. The fourth-order valence-electron chi connectivity index (χ4n) is 1.91. The molecule has 29 heavy (non-hydrogen) atoms. The third kappa shape index (κ3) is 10.6. The lowest BCUT2D eigenvalue weighted by atomic mass is 10.2. The summed E-state index contributed by atoms with van der Waals surface area (Å²) in [6.45, 7) is 7.34. The first-order valence-corrected chi connectivity index (χ1v) is 9.78. The van der Waals surface area contributed by atoms with Crippen LogP contribution in [0.1, 0.15) is 11.1 Å². The Balaban J connectivity index is 0.000000466. The van der Waals surface area contributed by atoms with Crippen molar-refractivity contribution in [2.24, 2.45) is 0 Å². The highest BCUT2D eigenvalue weighted by atomic mass is 79.9. The Kier molecular flexibility index (Phi) is 15.1. The number of phenolic OH excluding ortho intramolecular Hbond substituents is 1. The third-order valence-electron chi connectivity index (χ3n) is 3.30. The number of aliphatic hydroxyl groups is 2. The van der Waals surface area contributed by atoms with Crippen LogP contribution in [-0.2, 0) is 13.2 Å². The molecule has 7 heteroatoms. The molecule has 0 radical (unpaired) electrons. The summed E-state index contributed by atoms with van der Waals surface area (Å²) in [5.74, 6) is 1.75. The standard InChI is InChI=1S/C11H14O3.C8H10O3.C3H5Br/c1-3-6-14-11-7-9(8-12)4-5-10(11)13-2;1-11-8-3-2-6(5-9)4-7(8)10;1-2-3-4/h3-5,7,12H,1,6,8H2,2H3;2-4,9-10H,5H2,1H3;2H,1,3H2. The zero-order valence-corrected chi connectivity index (χ0v) is 18.4. The van der Waals surface area contributed by atoms with Gasteiger partial charge in [-0.15, -0.1) is 6.58 Å². The van der Waals surface area contributed by atoms with Gasteiger partial charge in [0.25, 0.3) is 0 Å². The van der Waals surface area contributed by atoms with Crippen LogP contribution >= 0.6 is 15.9 Å². The summed E-state index contributed by atoms with van der Waals surface area (Å²) in [6.07, 6.45) is 3.45. The van der Waals surface area contributed by atoms with Crippen molar-refractivity contribution >= 4 is 15.9 Å². The van der Waals surface area contributed by atoms with Crippen LogP contribution in [0.15, 0.2) is 61.7 Å². The van der Waals surface area contributed by atoms with Crippen molar-refractivity contribution in [2.75, 3.05) is 26.2 Å². The number of rotatable bonds is 8. The van der Waals surface area contributed by atoms with Gasteiger partial charge in [-0.25, -0.2) is 0 Å². The summed E-state index contributed by atoms with van der Waals surface area (Å²) < 4.78 is 15.3. The lowest BCUT2D eigenvalue weighted by Crippen LogP contribution is -1.97. The van der Waals surface area contributed by atoms with Gasteiger partial charge in [-0.05, 0) is 35.4 Å². The molecule has 0 saturated carbocycles. The minimum absolute atomic E-state index is 0.00551. The maximum atomic E-state index is 9.19. The predicted molar refractivity (Wildman–Crippen MR) is 119 cm³/mol. The molecule has 0 aliphatic carbocycles. The number of hydrogen-bond donors (Lipinski definition) is 3. The molecule has 0 fully saturated rings. The van der Waals surface area contributed by atoms with Crippen LogP contribution in [-0.4, -0.2) is 41.5 Å². The first-order chi connectivity index (χ1) is 14.0. The highest BCUT2D eigenvalue weighted by molar-refractivity contribution is 9.09. The van der Waals surface area contributed by atoms with Gasteiger partial charge in [0.15, 0.2) is 23.0 Å². The molecule has 0 heterocycles. The molecule has 0 bridgehead atoms. The van der Waals surface area contributed by atoms with Crippen molar-refractivity contribution in [1.82, 2.24) is 0 Å². The fourth-order valence-corrected chi connectivity index (χ4v) is 1.91. The number of hydrogen-bond acceptors (Lipinski definition) is 6. The van der Waals surface area contributed by atoms with E-state index >= 15 is 0 Å². The van der Waals surface area contributed by atoms with Crippen LogP contribution in [0.3, 0.4) is 0 Å². The van der Waals surface area contributed by atoms with Gasteiger partial charge >= 0.3 is 0 Å². The first kappa shape index (κ1) is 26.5. The summed E-state index contributed by atoms with van der Waals surface area (Å²) in [5.41, 5.74) is 1.47. The first-order valence-electron chi connectivity index (χ1n) is 8.66. The Hall–Kier alpha value is -2.48. The van der Waals surface area contributed by atoms with Crippen molar-refractivity contribution in [3.05, 3.63) is 72.8 Å². The Morgan fingerprint density at radius 3 is 1.79 bits per heavy atom. The van der Waals surface area contributed by atoms with Gasteiger partial charge in [0.05, 0.1) is 27.4 Å². The molecule has 6 nitrogen and oxygen atoms in total. The SMILES string of the molecule is C=CCBr.C=CCOc1cc(CO)ccc1OC.COc1ccc(CO)cc1O. The molecule has 0 aliphatic heterocycles. The molecule has 0 unspecified atom stereocenters. The normalized spacial score (nSPS) is 9.14. The van der Waals surface area contributed by atoms with Crippen LogP contribution < -0.4 is 14.2 Å². The maximum Gasteiger partial charge on any atom is 0.161 e. The van der Waals surface area contributed by atoms with E-state index in [1.807, 2.05) is 0 Å². The molecule has 0 saturated heterocycles. The number of phenols is 1. The van der Waals surface area contributed by atoms with Gasteiger partial charge in [0.2, 0.25) is 0 Å². The van der Waals surface area contributed by atoms with E-state index in [0.717, 1.165) is 10.9 Å². The fraction of sp³-hybridized carbons (Fsp3) is 0.273. The van der Waals surface area contributed by atoms with E-state index in [1.165, 1.54) is 13.2 Å². The molecular weight excluding hydrogens is 440 g/mol. The average Bonchev–Trinajstić information content (AvgIpc) is 2.77. The largest absolute Gasteiger partial charge is 0.504 e. The Morgan fingerprint density at radius 2 is 1.38 bits per heavy atom. The molecule has 0 aromatic heterocycles. The van der Waals surface area contributed by atoms with Crippen molar-refractivity contribution in [2.45, 2.75) is 13.2 Å². The summed E-state index contributed by atoms with van der Waals surface area (Å²) in [5, 5.41) is 27.7. The topological polar surface area (TPSA) is 88.4 Å². The van der Waals surface area contributed by atoms with Gasteiger partial charge in [0, 0.05) is 5.33 Å². The number of methoxy groups -OCH3 is 2. The van der Waals surface area contributed by atoms with Crippen molar-refractivity contribution in [1.29, 1.82) is 0 Å². The third-order valence-corrected chi connectivity index (χ3v) is 3.76. The minimum atomic E-state index is -0.0719. The number of aromatic hydroxyl groups is 1. The van der Waals surface area contributed by atoms with Crippen molar-refractivity contribution in [3.63, 3.8) is 0 Å². The van der Waals surface area contributed by atoms with E-state index in [4.69, 9.17) is 24.4 Å². The van der Waals surface area contributed by atoms with E-state index in [0.29, 0.717) is 29.4 Å². The van der Waals surface area contributed by atoms with Gasteiger partial charge in [-0.1, -0.05) is 46.8 Å².